The van der Waals surface area contributed by atoms with Gasteiger partial charge in [0.15, 0.2) is 34.6 Å². The van der Waals surface area contributed by atoms with Crippen LogP contribution in [0.3, 0.4) is 0 Å². The first-order valence-electron chi connectivity index (χ1n) is 11.6. The maximum atomic E-state index is 13.0. The fourth-order valence-electron chi connectivity index (χ4n) is 3.86. The Hall–Kier alpha value is -5.13. The van der Waals surface area contributed by atoms with Gasteiger partial charge >= 0.3 is 5.97 Å². The van der Waals surface area contributed by atoms with E-state index in [9.17, 15) is 24.6 Å². The van der Waals surface area contributed by atoms with Gasteiger partial charge in [-0.25, -0.2) is 4.79 Å². The number of phenolic OH excluding ortho intramolecular Hbond substituents is 2. The van der Waals surface area contributed by atoms with Gasteiger partial charge in [-0.2, -0.15) is 0 Å². The first-order valence-corrected chi connectivity index (χ1v) is 11.6. The zero-order valence-electron chi connectivity index (χ0n) is 22.6. The third kappa shape index (κ3) is 5.96. The predicted molar refractivity (Wildman–Crippen MR) is 140 cm³/mol. The standard InChI is InChI=1S/C28H28O12/c1-34-21-12-25(38-5)23(36-3)9-15(21)17(29)11-20(32)27-18(30)7-14(8-19(27)31)40-28(33)16-10-24(37-4)26(39-6)13-22(16)35-2/h7-10,12-13,30-31H,11H2,1-6H3. The zero-order valence-corrected chi connectivity index (χ0v) is 22.6. The highest BCUT2D eigenvalue weighted by Gasteiger charge is 2.26. The molecule has 0 saturated heterocycles. The van der Waals surface area contributed by atoms with Crippen molar-refractivity contribution in [2.45, 2.75) is 6.42 Å². The highest BCUT2D eigenvalue weighted by Crippen LogP contribution is 2.38. The minimum absolute atomic E-state index is 0.0295. The number of ether oxygens (including phenoxy) is 7. The van der Waals surface area contributed by atoms with Crippen molar-refractivity contribution in [3.8, 4) is 51.7 Å². The van der Waals surface area contributed by atoms with Crippen molar-refractivity contribution >= 4 is 17.5 Å². The average Bonchev–Trinajstić information content (AvgIpc) is 2.94. The van der Waals surface area contributed by atoms with Crippen LogP contribution in [0.1, 0.15) is 37.5 Å². The number of hydrogen-bond donors (Lipinski definition) is 2. The number of benzene rings is 3. The number of Topliss-reactive ketones (excluding diaryl/α,β-unsaturated/α-hetero) is 2. The number of aromatic hydroxyl groups is 2. The monoisotopic (exact) mass is 556 g/mol. The van der Waals surface area contributed by atoms with E-state index in [-0.39, 0.29) is 39.9 Å². The van der Waals surface area contributed by atoms with Crippen LogP contribution < -0.4 is 33.2 Å². The highest BCUT2D eigenvalue weighted by atomic mass is 16.5. The molecule has 0 atom stereocenters. The summed E-state index contributed by atoms with van der Waals surface area (Å²) < 4.78 is 36.5. The molecule has 0 fully saturated rings. The lowest BCUT2D eigenvalue weighted by atomic mass is 9.99. The lowest BCUT2D eigenvalue weighted by Gasteiger charge is -2.14. The largest absolute Gasteiger partial charge is 0.507 e. The fourth-order valence-corrected chi connectivity index (χ4v) is 3.86. The zero-order chi connectivity index (χ0) is 29.6. The molecular weight excluding hydrogens is 528 g/mol. The Balaban J connectivity index is 1.86. The lowest BCUT2D eigenvalue weighted by molar-refractivity contribution is 0.0730. The fraction of sp³-hybridized carbons (Fsp3) is 0.250. The maximum Gasteiger partial charge on any atom is 0.347 e. The van der Waals surface area contributed by atoms with E-state index in [4.69, 9.17) is 33.2 Å². The Kier molecular flexibility index (Phi) is 9.28. The number of phenols is 2. The summed E-state index contributed by atoms with van der Waals surface area (Å²) in [6.07, 6.45) is -0.727. The summed E-state index contributed by atoms with van der Waals surface area (Å²) >= 11 is 0. The van der Waals surface area contributed by atoms with E-state index in [0.29, 0.717) is 11.5 Å². The van der Waals surface area contributed by atoms with Crippen LogP contribution in [-0.2, 0) is 0 Å². The molecule has 0 aliphatic heterocycles. The van der Waals surface area contributed by atoms with Crippen LogP contribution in [-0.4, -0.2) is 70.4 Å². The van der Waals surface area contributed by atoms with Crippen LogP contribution in [0.4, 0.5) is 0 Å². The molecule has 0 unspecified atom stereocenters. The smallest absolute Gasteiger partial charge is 0.347 e. The van der Waals surface area contributed by atoms with Gasteiger partial charge < -0.3 is 43.4 Å². The summed E-state index contributed by atoms with van der Waals surface area (Å²) in [7, 11) is 8.29. The van der Waals surface area contributed by atoms with Gasteiger partial charge in [-0.05, 0) is 6.07 Å². The van der Waals surface area contributed by atoms with Gasteiger partial charge in [0, 0.05) is 30.3 Å². The number of hydrogen-bond acceptors (Lipinski definition) is 12. The van der Waals surface area contributed by atoms with Crippen LogP contribution in [0.25, 0.3) is 0 Å². The molecule has 12 heteroatoms. The van der Waals surface area contributed by atoms with Crippen molar-refractivity contribution in [1.29, 1.82) is 0 Å². The second-order valence-electron chi connectivity index (χ2n) is 8.06. The Morgan fingerprint density at radius 2 is 0.950 bits per heavy atom. The molecule has 3 rings (SSSR count). The minimum Gasteiger partial charge on any atom is -0.507 e. The number of ketones is 2. The van der Waals surface area contributed by atoms with Gasteiger partial charge in [0.25, 0.3) is 0 Å². The molecule has 0 saturated carbocycles. The number of carbonyl (C=O) groups excluding carboxylic acids is 3. The Labute approximate surface area is 229 Å². The van der Waals surface area contributed by atoms with Crippen molar-refractivity contribution in [2.24, 2.45) is 0 Å². The summed E-state index contributed by atoms with van der Waals surface area (Å²) in [6.45, 7) is 0. The Morgan fingerprint density at radius 3 is 1.40 bits per heavy atom. The minimum atomic E-state index is -0.911. The lowest BCUT2D eigenvalue weighted by Crippen LogP contribution is -2.12. The number of esters is 1. The molecule has 0 heterocycles. The average molecular weight is 557 g/mol. The van der Waals surface area contributed by atoms with E-state index >= 15 is 0 Å². The van der Waals surface area contributed by atoms with Crippen molar-refractivity contribution in [3.05, 3.63) is 53.1 Å². The molecule has 3 aromatic rings. The van der Waals surface area contributed by atoms with Gasteiger partial charge in [0.1, 0.15) is 39.9 Å². The SMILES string of the molecule is COc1cc(OC)c(C(=O)CC(=O)c2c(O)cc(OC(=O)c3cc(OC)c(OC)cc3OC)cc2O)cc1OC. The van der Waals surface area contributed by atoms with Gasteiger partial charge in [-0.15, -0.1) is 0 Å². The molecule has 2 N–H and O–H groups in total. The van der Waals surface area contributed by atoms with Gasteiger partial charge in [-0.3, -0.25) is 9.59 Å². The van der Waals surface area contributed by atoms with Gasteiger partial charge in [0.2, 0.25) is 0 Å². The van der Waals surface area contributed by atoms with Crippen LogP contribution in [0.5, 0.6) is 51.7 Å². The third-order valence-electron chi connectivity index (χ3n) is 5.81. The summed E-state index contributed by atoms with van der Waals surface area (Å²) in [4.78, 5) is 38.8. The van der Waals surface area contributed by atoms with Crippen LogP contribution in [0, 0.1) is 0 Å². The molecule has 0 aliphatic rings. The van der Waals surface area contributed by atoms with E-state index in [2.05, 4.69) is 0 Å². The molecule has 0 radical (unpaired) electrons. The number of rotatable bonds is 12. The Bertz CT molecular complexity index is 1420. The predicted octanol–water partition coefficient (Wildman–Crippen LogP) is 3.82. The molecule has 0 bridgehead atoms. The van der Waals surface area contributed by atoms with Crippen molar-refractivity contribution in [2.75, 3.05) is 42.7 Å². The third-order valence-corrected chi connectivity index (χ3v) is 5.81. The second kappa shape index (κ2) is 12.6. The topological polar surface area (TPSA) is 156 Å². The molecule has 3 aromatic carbocycles. The van der Waals surface area contributed by atoms with E-state index in [0.717, 1.165) is 12.1 Å². The maximum absolute atomic E-state index is 13.0. The van der Waals surface area contributed by atoms with E-state index < -0.39 is 41.0 Å². The van der Waals surface area contributed by atoms with Gasteiger partial charge in [0.05, 0.1) is 54.6 Å². The van der Waals surface area contributed by atoms with Crippen LogP contribution in [0.2, 0.25) is 0 Å². The molecule has 12 nitrogen and oxygen atoms in total. The molecule has 0 aliphatic carbocycles. The molecule has 0 spiro atoms. The summed E-state index contributed by atoms with van der Waals surface area (Å²) in [6, 6.07) is 7.47. The summed E-state index contributed by atoms with van der Waals surface area (Å²) in [5.74, 6) is -2.81. The molecule has 40 heavy (non-hydrogen) atoms. The number of carbonyl (C=O) groups is 3. The second-order valence-corrected chi connectivity index (χ2v) is 8.06. The van der Waals surface area contributed by atoms with E-state index in [1.165, 1.54) is 66.9 Å². The summed E-state index contributed by atoms with van der Waals surface area (Å²) in [5.41, 5.74) is -0.535. The Morgan fingerprint density at radius 1 is 0.550 bits per heavy atom. The first-order chi connectivity index (χ1) is 19.1. The van der Waals surface area contributed by atoms with Crippen molar-refractivity contribution in [3.63, 3.8) is 0 Å². The first kappa shape index (κ1) is 29.4. The van der Waals surface area contributed by atoms with Gasteiger partial charge in [-0.1, -0.05) is 0 Å². The molecule has 0 aromatic heterocycles. The van der Waals surface area contributed by atoms with Crippen LogP contribution >= 0.6 is 0 Å². The highest BCUT2D eigenvalue weighted by molar-refractivity contribution is 6.16. The van der Waals surface area contributed by atoms with Crippen molar-refractivity contribution in [1.82, 2.24) is 0 Å². The van der Waals surface area contributed by atoms with E-state index in [1.54, 1.807) is 0 Å². The molecule has 0 amide bonds. The quantitative estimate of drug-likeness (QED) is 0.144. The normalized spacial score (nSPS) is 10.3. The summed E-state index contributed by atoms with van der Waals surface area (Å²) in [5, 5.41) is 21.0. The number of methoxy groups -OCH3 is 6. The van der Waals surface area contributed by atoms with E-state index in [1.807, 2.05) is 0 Å². The molecular formula is C28H28O12. The van der Waals surface area contributed by atoms with Crippen molar-refractivity contribution < 1.29 is 57.8 Å². The van der Waals surface area contributed by atoms with Crippen LogP contribution in [0.15, 0.2) is 36.4 Å². The molecule has 212 valence electrons.